The highest BCUT2D eigenvalue weighted by Crippen LogP contribution is 2.31. The van der Waals surface area contributed by atoms with E-state index in [0.29, 0.717) is 24.7 Å². The van der Waals surface area contributed by atoms with Gasteiger partial charge in [-0.25, -0.2) is 13.4 Å². The third-order valence-corrected chi connectivity index (χ3v) is 6.31. The first kappa shape index (κ1) is 21.7. The molecule has 4 aromatic rings. The minimum Gasteiger partial charge on any atom is -0.494 e. The summed E-state index contributed by atoms with van der Waals surface area (Å²) in [5, 5.41) is 0. The molecule has 1 N–H and O–H groups in total. The maximum atomic E-state index is 13.2. The molecule has 0 atom stereocenters. The standard InChI is InChI=1S/C24H25N3O4S/c1-4-30-20-11-12-22(31-5-2)23(15-20)32(28,29)26-19-10-6-9-18(14-19)21-16-27-13-7-8-17(3)24(27)25-21/h6-16,26H,4-5H2,1-3H3. The summed E-state index contributed by atoms with van der Waals surface area (Å²) >= 11 is 0. The summed E-state index contributed by atoms with van der Waals surface area (Å²) in [5.41, 5.74) is 3.92. The summed E-state index contributed by atoms with van der Waals surface area (Å²) in [6, 6.07) is 15.9. The quantitative estimate of drug-likeness (QED) is 0.412. The molecule has 0 aliphatic carbocycles. The maximum absolute atomic E-state index is 13.2. The highest BCUT2D eigenvalue weighted by atomic mass is 32.2. The molecule has 32 heavy (non-hydrogen) atoms. The average molecular weight is 452 g/mol. The predicted octanol–water partition coefficient (Wildman–Crippen LogP) is 4.91. The Morgan fingerprint density at radius 1 is 1.00 bits per heavy atom. The van der Waals surface area contributed by atoms with Crippen LogP contribution in [0, 0.1) is 6.92 Å². The number of sulfonamides is 1. The number of hydrogen-bond acceptors (Lipinski definition) is 5. The lowest BCUT2D eigenvalue weighted by Gasteiger charge is -2.14. The smallest absolute Gasteiger partial charge is 0.265 e. The van der Waals surface area contributed by atoms with Crippen LogP contribution in [0.1, 0.15) is 19.4 Å². The summed E-state index contributed by atoms with van der Waals surface area (Å²) in [5.74, 6) is 0.737. The molecular weight excluding hydrogens is 426 g/mol. The van der Waals surface area contributed by atoms with Crippen LogP contribution in [-0.4, -0.2) is 31.0 Å². The fourth-order valence-electron chi connectivity index (χ4n) is 3.47. The highest BCUT2D eigenvalue weighted by molar-refractivity contribution is 7.92. The lowest BCUT2D eigenvalue weighted by Crippen LogP contribution is -2.15. The maximum Gasteiger partial charge on any atom is 0.265 e. The first-order chi connectivity index (χ1) is 15.4. The number of aryl methyl sites for hydroxylation is 1. The van der Waals surface area contributed by atoms with E-state index in [0.717, 1.165) is 22.5 Å². The summed E-state index contributed by atoms with van der Waals surface area (Å²) < 4.78 is 42.1. The molecule has 7 nitrogen and oxygen atoms in total. The average Bonchev–Trinajstić information content (AvgIpc) is 3.21. The van der Waals surface area contributed by atoms with Gasteiger partial charge in [0.1, 0.15) is 22.0 Å². The molecule has 166 valence electrons. The number of fused-ring (bicyclic) bond motifs is 1. The Kier molecular flexibility index (Phi) is 6.05. The number of hydrogen-bond donors (Lipinski definition) is 1. The second kappa shape index (κ2) is 8.92. The summed E-state index contributed by atoms with van der Waals surface area (Å²) in [7, 11) is -3.92. The molecule has 8 heteroatoms. The van der Waals surface area contributed by atoms with Crippen molar-refractivity contribution in [2.75, 3.05) is 17.9 Å². The Labute approximate surface area is 187 Å². The van der Waals surface area contributed by atoms with Gasteiger partial charge in [0.2, 0.25) is 0 Å². The van der Waals surface area contributed by atoms with Crippen molar-refractivity contribution >= 4 is 21.4 Å². The third kappa shape index (κ3) is 4.40. The number of nitrogens with one attached hydrogen (secondary N) is 1. The van der Waals surface area contributed by atoms with E-state index in [2.05, 4.69) is 4.72 Å². The summed E-state index contributed by atoms with van der Waals surface area (Å²) in [6.45, 7) is 6.43. The molecule has 0 amide bonds. The van der Waals surface area contributed by atoms with Crippen molar-refractivity contribution in [1.29, 1.82) is 0 Å². The molecule has 0 saturated carbocycles. The lowest BCUT2D eigenvalue weighted by molar-refractivity contribution is 0.322. The number of imidazole rings is 1. The normalized spacial score (nSPS) is 11.5. The van der Waals surface area contributed by atoms with Crippen LogP contribution in [0.4, 0.5) is 5.69 Å². The van der Waals surface area contributed by atoms with Crippen LogP contribution in [0.5, 0.6) is 11.5 Å². The second-order valence-corrected chi connectivity index (χ2v) is 8.86. The molecule has 2 heterocycles. The van der Waals surface area contributed by atoms with Crippen molar-refractivity contribution in [1.82, 2.24) is 9.38 Å². The van der Waals surface area contributed by atoms with E-state index in [-0.39, 0.29) is 10.6 Å². The van der Waals surface area contributed by atoms with E-state index < -0.39 is 10.0 Å². The van der Waals surface area contributed by atoms with Crippen molar-refractivity contribution in [3.8, 4) is 22.8 Å². The van der Waals surface area contributed by atoms with Crippen molar-refractivity contribution < 1.29 is 17.9 Å². The predicted molar refractivity (Wildman–Crippen MR) is 125 cm³/mol. The van der Waals surface area contributed by atoms with Crippen LogP contribution >= 0.6 is 0 Å². The number of benzene rings is 2. The topological polar surface area (TPSA) is 81.9 Å². The van der Waals surface area contributed by atoms with E-state index in [1.807, 2.05) is 48.8 Å². The number of rotatable bonds is 8. The molecule has 0 fully saturated rings. The molecule has 0 spiro atoms. The second-order valence-electron chi connectivity index (χ2n) is 7.21. The molecule has 0 aliphatic heterocycles. The molecule has 0 saturated heterocycles. The van der Waals surface area contributed by atoms with E-state index in [1.165, 1.54) is 6.07 Å². The van der Waals surface area contributed by atoms with Gasteiger partial charge < -0.3 is 13.9 Å². The van der Waals surface area contributed by atoms with Crippen LogP contribution < -0.4 is 14.2 Å². The van der Waals surface area contributed by atoms with E-state index in [1.54, 1.807) is 37.3 Å². The Bertz CT molecular complexity index is 1360. The molecule has 4 rings (SSSR count). The van der Waals surface area contributed by atoms with Gasteiger partial charge in [0, 0.05) is 29.7 Å². The molecule has 2 aromatic carbocycles. The summed E-state index contributed by atoms with van der Waals surface area (Å²) in [6.07, 6.45) is 3.86. The van der Waals surface area contributed by atoms with Gasteiger partial charge in [0.05, 0.1) is 18.9 Å². The zero-order valence-electron chi connectivity index (χ0n) is 18.2. The van der Waals surface area contributed by atoms with Crippen molar-refractivity contribution in [2.45, 2.75) is 25.7 Å². The van der Waals surface area contributed by atoms with Gasteiger partial charge in [0.15, 0.2) is 0 Å². The van der Waals surface area contributed by atoms with Crippen LogP contribution in [0.2, 0.25) is 0 Å². The molecule has 2 aromatic heterocycles. The first-order valence-electron chi connectivity index (χ1n) is 10.4. The van der Waals surface area contributed by atoms with Crippen molar-refractivity contribution in [3.05, 3.63) is 72.6 Å². The molecule has 0 bridgehead atoms. The van der Waals surface area contributed by atoms with Crippen LogP contribution in [0.3, 0.4) is 0 Å². The summed E-state index contributed by atoms with van der Waals surface area (Å²) in [4.78, 5) is 4.72. The Morgan fingerprint density at radius 3 is 2.56 bits per heavy atom. The monoisotopic (exact) mass is 451 g/mol. The number of anilines is 1. The number of ether oxygens (including phenoxy) is 2. The van der Waals surface area contributed by atoms with Gasteiger partial charge in [-0.2, -0.15) is 0 Å². The number of aromatic nitrogens is 2. The van der Waals surface area contributed by atoms with Gasteiger partial charge in [-0.1, -0.05) is 18.2 Å². The Hall–Kier alpha value is -3.52. The zero-order chi connectivity index (χ0) is 22.7. The van der Waals surface area contributed by atoms with Gasteiger partial charge in [-0.05, 0) is 56.7 Å². The molecular formula is C24H25N3O4S. The Balaban J connectivity index is 1.68. The Morgan fingerprint density at radius 2 is 1.81 bits per heavy atom. The fraction of sp³-hybridized carbons (Fsp3) is 0.208. The van der Waals surface area contributed by atoms with E-state index >= 15 is 0 Å². The largest absolute Gasteiger partial charge is 0.494 e. The minimum absolute atomic E-state index is 0.0269. The van der Waals surface area contributed by atoms with Crippen LogP contribution in [-0.2, 0) is 10.0 Å². The van der Waals surface area contributed by atoms with Gasteiger partial charge >= 0.3 is 0 Å². The van der Waals surface area contributed by atoms with Gasteiger partial charge in [-0.15, -0.1) is 0 Å². The molecule has 0 aliphatic rings. The minimum atomic E-state index is -3.92. The van der Waals surface area contributed by atoms with Crippen LogP contribution in [0.25, 0.3) is 16.9 Å². The van der Waals surface area contributed by atoms with E-state index in [4.69, 9.17) is 14.5 Å². The fourth-order valence-corrected chi connectivity index (χ4v) is 4.68. The third-order valence-electron chi connectivity index (χ3n) is 4.90. The van der Waals surface area contributed by atoms with Crippen molar-refractivity contribution in [3.63, 3.8) is 0 Å². The highest BCUT2D eigenvalue weighted by Gasteiger charge is 2.21. The lowest BCUT2D eigenvalue weighted by atomic mass is 10.1. The molecule has 0 unspecified atom stereocenters. The van der Waals surface area contributed by atoms with Gasteiger partial charge in [-0.3, -0.25) is 4.72 Å². The van der Waals surface area contributed by atoms with Crippen molar-refractivity contribution in [2.24, 2.45) is 0 Å². The van der Waals surface area contributed by atoms with Gasteiger partial charge in [0.25, 0.3) is 10.0 Å². The van der Waals surface area contributed by atoms with Crippen LogP contribution in [0.15, 0.2) is 71.9 Å². The van der Waals surface area contributed by atoms with E-state index in [9.17, 15) is 8.42 Å². The number of nitrogens with zero attached hydrogens (tertiary/aromatic N) is 2. The zero-order valence-corrected chi connectivity index (χ0v) is 19.0. The first-order valence-corrected chi connectivity index (χ1v) is 11.9. The molecule has 0 radical (unpaired) electrons. The SMILES string of the molecule is CCOc1ccc(OCC)c(S(=O)(=O)Nc2cccc(-c3cn4cccc(C)c4n3)c2)c1. The number of pyridine rings is 1.